The van der Waals surface area contributed by atoms with Crippen molar-refractivity contribution in [2.45, 2.75) is 39.7 Å². The van der Waals surface area contributed by atoms with Crippen LogP contribution < -0.4 is 5.73 Å². The molecule has 88 valence electrons. The van der Waals surface area contributed by atoms with Crippen molar-refractivity contribution in [3.63, 3.8) is 0 Å². The van der Waals surface area contributed by atoms with Crippen molar-refractivity contribution in [3.8, 4) is 0 Å². The van der Waals surface area contributed by atoms with Crippen molar-refractivity contribution in [1.29, 1.82) is 0 Å². The topological polar surface area (TPSA) is 55.6 Å². The molecule has 0 aliphatic carbocycles. The van der Waals surface area contributed by atoms with Crippen LogP contribution in [0.25, 0.3) is 0 Å². The predicted molar refractivity (Wildman–Crippen MR) is 59.6 cm³/mol. The summed E-state index contributed by atoms with van der Waals surface area (Å²) in [5.74, 6) is 0. The van der Waals surface area contributed by atoms with E-state index in [4.69, 9.17) is 10.5 Å². The van der Waals surface area contributed by atoms with Gasteiger partial charge in [-0.25, -0.2) is 4.79 Å². The van der Waals surface area contributed by atoms with E-state index < -0.39 is 5.60 Å². The Labute approximate surface area is 91.8 Å². The molecule has 4 nitrogen and oxygen atoms in total. The van der Waals surface area contributed by atoms with Gasteiger partial charge >= 0.3 is 6.09 Å². The van der Waals surface area contributed by atoms with E-state index in [1.807, 2.05) is 20.8 Å². The van der Waals surface area contributed by atoms with Gasteiger partial charge in [-0.1, -0.05) is 6.92 Å². The van der Waals surface area contributed by atoms with Crippen LogP contribution >= 0.6 is 0 Å². The summed E-state index contributed by atoms with van der Waals surface area (Å²) in [7, 11) is 0. The summed E-state index contributed by atoms with van der Waals surface area (Å²) in [5.41, 5.74) is 5.33. The molecule has 1 unspecified atom stereocenters. The lowest BCUT2D eigenvalue weighted by Gasteiger charge is -2.26. The molecule has 0 aromatic rings. The predicted octanol–water partition coefficient (Wildman–Crippen LogP) is 1.59. The molecule has 0 bridgehead atoms. The van der Waals surface area contributed by atoms with Gasteiger partial charge < -0.3 is 15.4 Å². The number of carbonyl (C=O) groups is 1. The fourth-order valence-corrected chi connectivity index (χ4v) is 1.67. The lowest BCUT2D eigenvalue weighted by atomic mass is 9.90. The smallest absolute Gasteiger partial charge is 0.410 e. The Morgan fingerprint density at radius 3 is 2.53 bits per heavy atom. The molecular weight excluding hydrogens is 192 g/mol. The first kappa shape index (κ1) is 12.3. The van der Waals surface area contributed by atoms with Crippen molar-refractivity contribution in [2.24, 2.45) is 11.1 Å². The second-order valence-corrected chi connectivity index (χ2v) is 5.67. The molecule has 1 heterocycles. The van der Waals surface area contributed by atoms with Gasteiger partial charge in [0.25, 0.3) is 0 Å². The number of hydrogen-bond acceptors (Lipinski definition) is 3. The van der Waals surface area contributed by atoms with Gasteiger partial charge in [-0.05, 0) is 39.2 Å². The fraction of sp³-hybridized carbons (Fsp3) is 0.909. The second-order valence-electron chi connectivity index (χ2n) is 5.67. The van der Waals surface area contributed by atoms with E-state index in [-0.39, 0.29) is 11.5 Å². The molecule has 0 spiro atoms. The van der Waals surface area contributed by atoms with Gasteiger partial charge in [0.1, 0.15) is 5.60 Å². The number of amides is 1. The minimum Gasteiger partial charge on any atom is -0.444 e. The van der Waals surface area contributed by atoms with Gasteiger partial charge in [-0.15, -0.1) is 0 Å². The van der Waals surface area contributed by atoms with Crippen LogP contribution in [0.1, 0.15) is 34.1 Å². The monoisotopic (exact) mass is 214 g/mol. The maximum atomic E-state index is 11.7. The summed E-state index contributed by atoms with van der Waals surface area (Å²) in [6.07, 6.45) is 0.739. The van der Waals surface area contributed by atoms with Gasteiger partial charge in [0, 0.05) is 13.1 Å². The van der Waals surface area contributed by atoms with Crippen molar-refractivity contribution < 1.29 is 9.53 Å². The van der Waals surface area contributed by atoms with Crippen molar-refractivity contribution in [2.75, 3.05) is 19.6 Å². The number of rotatable bonds is 1. The minimum atomic E-state index is -0.418. The average Bonchev–Trinajstić information content (AvgIpc) is 2.46. The highest BCUT2D eigenvalue weighted by molar-refractivity contribution is 5.68. The third-order valence-electron chi connectivity index (χ3n) is 2.70. The SMILES string of the molecule is CC1(CN)CCN(C(=O)OC(C)(C)C)C1. The zero-order valence-electron chi connectivity index (χ0n) is 10.2. The van der Waals surface area contributed by atoms with Gasteiger partial charge in [0.05, 0.1) is 0 Å². The largest absolute Gasteiger partial charge is 0.444 e. The minimum absolute atomic E-state index is 0.0664. The van der Waals surface area contributed by atoms with Crippen molar-refractivity contribution >= 4 is 6.09 Å². The zero-order chi connectivity index (χ0) is 11.7. The summed E-state index contributed by atoms with van der Waals surface area (Å²) in [5, 5.41) is 0. The Balaban J connectivity index is 2.51. The Bertz CT molecular complexity index is 247. The molecule has 15 heavy (non-hydrogen) atoms. The van der Waals surface area contributed by atoms with Crippen LogP contribution in [0.2, 0.25) is 0 Å². The Morgan fingerprint density at radius 1 is 1.53 bits per heavy atom. The Hall–Kier alpha value is -0.770. The molecule has 1 saturated heterocycles. The van der Waals surface area contributed by atoms with E-state index in [1.165, 1.54) is 0 Å². The number of carbonyl (C=O) groups excluding carboxylic acids is 1. The van der Waals surface area contributed by atoms with Crippen LogP contribution in [0, 0.1) is 5.41 Å². The number of nitrogens with zero attached hydrogens (tertiary/aromatic N) is 1. The first-order valence-electron chi connectivity index (χ1n) is 5.44. The van der Waals surface area contributed by atoms with Gasteiger partial charge in [-0.3, -0.25) is 0 Å². The molecule has 1 atom stereocenters. The number of nitrogens with two attached hydrogens (primary N) is 1. The van der Waals surface area contributed by atoms with E-state index in [1.54, 1.807) is 4.90 Å². The second kappa shape index (κ2) is 4.00. The van der Waals surface area contributed by atoms with Crippen LogP contribution in [-0.4, -0.2) is 36.2 Å². The number of ether oxygens (including phenoxy) is 1. The van der Waals surface area contributed by atoms with Crippen LogP contribution in [0.4, 0.5) is 4.79 Å². The fourth-order valence-electron chi connectivity index (χ4n) is 1.67. The first-order chi connectivity index (χ1) is 6.76. The summed E-state index contributed by atoms with van der Waals surface area (Å²) < 4.78 is 5.31. The van der Waals surface area contributed by atoms with Crippen molar-refractivity contribution in [1.82, 2.24) is 4.90 Å². The van der Waals surface area contributed by atoms with Crippen LogP contribution in [-0.2, 0) is 4.74 Å². The summed E-state index contributed by atoms with van der Waals surface area (Å²) >= 11 is 0. The Morgan fingerprint density at radius 2 is 2.13 bits per heavy atom. The standard InChI is InChI=1S/C11H22N2O2/c1-10(2,3)15-9(14)13-6-5-11(4,7-12)8-13/h5-8,12H2,1-4H3. The molecule has 0 aromatic carbocycles. The molecule has 2 N–H and O–H groups in total. The number of likely N-dealkylation sites (tertiary alicyclic amines) is 1. The van der Waals surface area contributed by atoms with E-state index >= 15 is 0 Å². The van der Waals surface area contributed by atoms with E-state index in [9.17, 15) is 4.79 Å². The first-order valence-corrected chi connectivity index (χ1v) is 5.44. The van der Waals surface area contributed by atoms with Crippen LogP contribution in [0.5, 0.6) is 0 Å². The lowest BCUT2D eigenvalue weighted by Crippen LogP contribution is -2.38. The molecule has 1 aliphatic heterocycles. The van der Waals surface area contributed by atoms with E-state index in [2.05, 4.69) is 6.92 Å². The van der Waals surface area contributed by atoms with Gasteiger partial charge in [0.2, 0.25) is 0 Å². The normalized spacial score (nSPS) is 26.9. The average molecular weight is 214 g/mol. The number of hydrogen-bond donors (Lipinski definition) is 1. The maximum absolute atomic E-state index is 11.7. The molecule has 1 rings (SSSR count). The zero-order valence-corrected chi connectivity index (χ0v) is 10.2. The lowest BCUT2D eigenvalue weighted by molar-refractivity contribution is 0.0277. The third kappa shape index (κ3) is 3.38. The van der Waals surface area contributed by atoms with Crippen molar-refractivity contribution in [3.05, 3.63) is 0 Å². The molecular formula is C11H22N2O2. The Kier molecular flexibility index (Phi) is 3.28. The molecule has 0 aromatic heterocycles. The van der Waals surface area contributed by atoms with E-state index in [0.29, 0.717) is 13.1 Å². The molecule has 0 radical (unpaired) electrons. The highest BCUT2D eigenvalue weighted by atomic mass is 16.6. The van der Waals surface area contributed by atoms with Gasteiger partial charge in [-0.2, -0.15) is 0 Å². The third-order valence-corrected chi connectivity index (χ3v) is 2.70. The molecule has 1 aliphatic rings. The summed E-state index contributed by atoms with van der Waals surface area (Å²) in [6.45, 7) is 9.82. The van der Waals surface area contributed by atoms with Gasteiger partial charge in [0.15, 0.2) is 0 Å². The maximum Gasteiger partial charge on any atom is 0.410 e. The molecule has 1 amide bonds. The highest BCUT2D eigenvalue weighted by Gasteiger charge is 2.36. The summed E-state index contributed by atoms with van der Waals surface area (Å²) in [4.78, 5) is 13.5. The molecule has 1 fully saturated rings. The van der Waals surface area contributed by atoms with E-state index in [0.717, 1.165) is 13.0 Å². The van der Waals surface area contributed by atoms with Crippen LogP contribution in [0.3, 0.4) is 0 Å². The molecule has 4 heteroatoms. The van der Waals surface area contributed by atoms with Crippen LogP contribution in [0.15, 0.2) is 0 Å². The molecule has 0 saturated carbocycles. The summed E-state index contributed by atoms with van der Waals surface area (Å²) in [6, 6.07) is 0. The highest BCUT2D eigenvalue weighted by Crippen LogP contribution is 2.29. The quantitative estimate of drug-likeness (QED) is 0.721.